The molecule has 2 aromatic carbocycles. The monoisotopic (exact) mass is 748 g/mol. The summed E-state index contributed by atoms with van der Waals surface area (Å²) < 4.78 is 4.79. The van der Waals surface area contributed by atoms with Crippen LogP contribution in [0.25, 0.3) is 33.6 Å². The van der Waals surface area contributed by atoms with Gasteiger partial charge in [0.15, 0.2) is 0 Å². The number of amides is 4. The molecule has 2 aliphatic carbocycles. The zero-order valence-corrected chi connectivity index (χ0v) is 31.7. The number of fused-ring (bicyclic) bond motifs is 2. The minimum absolute atomic E-state index is 0.0999. The maximum Gasteiger partial charge on any atom is 0.407 e. The molecule has 0 bridgehead atoms. The lowest BCUT2D eigenvalue weighted by atomic mass is 10.0. The fourth-order valence-electron chi connectivity index (χ4n) is 8.69. The van der Waals surface area contributed by atoms with Crippen LogP contribution in [0.1, 0.15) is 77.1 Å². The van der Waals surface area contributed by atoms with Crippen LogP contribution in [0.15, 0.2) is 60.9 Å². The number of carbonyl (C=O) groups is 4. The molecule has 4 heterocycles. The van der Waals surface area contributed by atoms with Crippen molar-refractivity contribution in [2.75, 3.05) is 7.11 Å². The van der Waals surface area contributed by atoms with Gasteiger partial charge in [-0.25, -0.2) is 19.6 Å². The number of ether oxygens (including phenoxy) is 1. The maximum atomic E-state index is 13.8. The minimum atomic E-state index is -1.20. The number of aromatic nitrogens is 4. The van der Waals surface area contributed by atoms with E-state index in [0.717, 1.165) is 71.0 Å². The summed E-state index contributed by atoms with van der Waals surface area (Å²) in [6, 6.07) is 14.9. The quantitative estimate of drug-likeness (QED) is 0.121. The highest BCUT2D eigenvalue weighted by atomic mass is 16.5. The summed E-state index contributed by atoms with van der Waals surface area (Å²) in [7, 11) is 1.30. The van der Waals surface area contributed by atoms with Gasteiger partial charge in [-0.3, -0.25) is 9.59 Å². The Morgan fingerprint density at radius 2 is 1.07 bits per heavy atom. The number of H-pyrrole nitrogens is 2. The molecule has 4 aliphatic rings. The van der Waals surface area contributed by atoms with E-state index < -0.39 is 24.3 Å². The largest absolute Gasteiger partial charge is 0.465 e. The molecule has 4 amide bonds. The average molecular weight is 749 g/mol. The molecule has 5 N–H and O–H groups in total. The van der Waals surface area contributed by atoms with Gasteiger partial charge in [-0.1, -0.05) is 76.2 Å². The molecule has 2 aromatic heterocycles. The number of alkyl carbamates (subject to hydrolysis) is 1. The second-order valence-electron chi connectivity index (χ2n) is 16.2. The predicted octanol–water partition coefficient (Wildman–Crippen LogP) is 6.13. The number of carboxylic acid groups (broad SMARTS) is 1. The average Bonchev–Trinajstić information content (AvgIpc) is 3.76. The van der Waals surface area contributed by atoms with Crippen LogP contribution in [0, 0.1) is 23.7 Å². The number of carbonyl (C=O) groups excluding carboxylic acids is 3. The third-order valence-electron chi connectivity index (χ3n) is 11.9. The Bertz CT molecular complexity index is 2090. The number of nitrogens with zero attached hydrogens (tertiary/aromatic N) is 4. The van der Waals surface area contributed by atoms with E-state index in [1.165, 1.54) is 7.11 Å². The zero-order chi connectivity index (χ0) is 38.7. The SMILES string of the molecule is COC(=O)N[C@@H](C(=O)N1[C@H](c2ncc(-c3ccc(-c4ccc(-c5cnc([C@@H]6C[C@@H]7C[C@@H]7N6C(=O)[C@H](NC(=O)O)C(C)C)[nH]5)cc4)cc3)[nH]2)C[C@@H]2C[C@@H]21)C(C)C. The van der Waals surface area contributed by atoms with Crippen molar-refractivity contribution in [3.63, 3.8) is 0 Å². The molecule has 4 fully saturated rings. The smallest absolute Gasteiger partial charge is 0.407 e. The summed E-state index contributed by atoms with van der Waals surface area (Å²) in [6.45, 7) is 7.53. The van der Waals surface area contributed by atoms with Crippen molar-refractivity contribution in [2.24, 2.45) is 23.7 Å². The lowest BCUT2D eigenvalue weighted by Crippen LogP contribution is -2.52. The predicted molar refractivity (Wildman–Crippen MR) is 203 cm³/mol. The van der Waals surface area contributed by atoms with E-state index in [9.17, 15) is 24.3 Å². The third-order valence-corrected chi connectivity index (χ3v) is 11.9. The van der Waals surface area contributed by atoms with E-state index in [-0.39, 0.29) is 47.8 Å². The first-order chi connectivity index (χ1) is 26.4. The molecule has 4 aromatic rings. The fourth-order valence-corrected chi connectivity index (χ4v) is 8.69. The lowest BCUT2D eigenvalue weighted by molar-refractivity contribution is -0.137. The minimum Gasteiger partial charge on any atom is -0.465 e. The molecule has 0 spiro atoms. The van der Waals surface area contributed by atoms with Gasteiger partial charge >= 0.3 is 12.2 Å². The van der Waals surface area contributed by atoms with Crippen LogP contribution >= 0.6 is 0 Å². The fraction of sp³-hybridized carbons (Fsp3) is 0.463. The number of hydrogen-bond acceptors (Lipinski definition) is 7. The summed E-state index contributed by atoms with van der Waals surface area (Å²) in [5.41, 5.74) is 5.77. The number of hydrogen-bond donors (Lipinski definition) is 5. The van der Waals surface area contributed by atoms with E-state index in [2.05, 4.69) is 62.0 Å². The lowest BCUT2D eigenvalue weighted by Gasteiger charge is -2.31. The van der Waals surface area contributed by atoms with Gasteiger partial charge in [-0.05, 0) is 71.6 Å². The molecule has 2 aliphatic heterocycles. The van der Waals surface area contributed by atoms with Gasteiger partial charge in [0.1, 0.15) is 23.7 Å². The van der Waals surface area contributed by atoms with Crippen molar-refractivity contribution in [2.45, 2.75) is 89.6 Å². The zero-order valence-electron chi connectivity index (χ0n) is 31.7. The first kappa shape index (κ1) is 36.3. The van der Waals surface area contributed by atoms with Gasteiger partial charge in [-0.2, -0.15) is 0 Å². The van der Waals surface area contributed by atoms with Crippen LogP contribution in [0.4, 0.5) is 9.59 Å². The second-order valence-corrected chi connectivity index (χ2v) is 16.2. The Hall–Kier alpha value is -5.66. The van der Waals surface area contributed by atoms with E-state index in [1.54, 1.807) is 6.20 Å². The Balaban J connectivity index is 0.933. The van der Waals surface area contributed by atoms with Crippen LogP contribution in [0.2, 0.25) is 0 Å². The maximum absolute atomic E-state index is 13.8. The van der Waals surface area contributed by atoms with Crippen LogP contribution in [0.5, 0.6) is 0 Å². The third kappa shape index (κ3) is 6.94. The molecule has 14 heteroatoms. The highest BCUT2D eigenvalue weighted by molar-refractivity contribution is 5.88. The number of rotatable bonds is 11. The standard InChI is InChI=1S/C41H48N8O6/c1-20(2)34(46-40(52)53)38(50)48-30-14-26(30)16-32(48)36-42-18-28(44-36)24-10-6-22(7-11-24)23-8-12-25(13-9-23)29-19-43-37(45-29)33-17-27-15-31(27)49(33)39(51)35(21(3)4)47-41(54)55-5/h6-13,18-21,26-27,30-35,46H,14-17H2,1-5H3,(H,42,44)(H,43,45)(H,47,54)(H,52,53)/t26-,27-,30-,31-,32-,33-,34+,35+/m0/s1. The highest BCUT2D eigenvalue weighted by Gasteiger charge is 2.57. The van der Waals surface area contributed by atoms with Crippen molar-refractivity contribution >= 4 is 24.0 Å². The van der Waals surface area contributed by atoms with Gasteiger partial charge in [-0.15, -0.1) is 0 Å². The molecule has 2 saturated heterocycles. The second kappa shape index (κ2) is 14.2. The van der Waals surface area contributed by atoms with Crippen molar-refractivity contribution in [1.82, 2.24) is 40.4 Å². The van der Waals surface area contributed by atoms with Gasteiger partial charge in [0.05, 0.1) is 43.0 Å². The van der Waals surface area contributed by atoms with E-state index >= 15 is 0 Å². The normalized spacial score (nSPS) is 24.6. The molecule has 0 radical (unpaired) electrons. The topological polar surface area (TPSA) is 186 Å². The number of piperidine rings is 2. The Morgan fingerprint density at radius 3 is 1.45 bits per heavy atom. The number of aromatic amines is 2. The van der Waals surface area contributed by atoms with Crippen LogP contribution in [0.3, 0.4) is 0 Å². The van der Waals surface area contributed by atoms with Crippen LogP contribution in [-0.2, 0) is 14.3 Å². The molecule has 55 heavy (non-hydrogen) atoms. The summed E-state index contributed by atoms with van der Waals surface area (Å²) in [6.07, 6.45) is 5.36. The number of likely N-dealkylation sites (tertiary alicyclic amines) is 2. The molecule has 14 nitrogen and oxygen atoms in total. The molecule has 8 rings (SSSR count). The van der Waals surface area contributed by atoms with Crippen LogP contribution < -0.4 is 10.6 Å². The molecular formula is C41H48N8O6. The molecule has 8 atom stereocenters. The van der Waals surface area contributed by atoms with E-state index in [1.807, 2.05) is 55.8 Å². The molecule has 0 unspecified atom stereocenters. The number of methoxy groups -OCH3 is 1. The Kier molecular flexibility index (Phi) is 9.38. The van der Waals surface area contributed by atoms with Gasteiger partial charge in [0.25, 0.3) is 0 Å². The highest BCUT2D eigenvalue weighted by Crippen LogP contribution is 2.54. The molecule has 288 valence electrons. The van der Waals surface area contributed by atoms with Crippen molar-refractivity contribution < 1.29 is 29.0 Å². The number of imidazole rings is 2. The molecular weight excluding hydrogens is 701 g/mol. The van der Waals surface area contributed by atoms with Gasteiger partial charge < -0.3 is 40.2 Å². The van der Waals surface area contributed by atoms with E-state index in [0.29, 0.717) is 11.8 Å². The summed E-state index contributed by atoms with van der Waals surface area (Å²) in [5, 5.41) is 14.5. The Morgan fingerprint density at radius 1 is 0.673 bits per heavy atom. The molecule has 2 saturated carbocycles. The van der Waals surface area contributed by atoms with Crippen LogP contribution in [-0.4, -0.2) is 90.1 Å². The van der Waals surface area contributed by atoms with Crippen molar-refractivity contribution in [1.29, 1.82) is 0 Å². The summed E-state index contributed by atoms with van der Waals surface area (Å²) in [5.74, 6) is 1.75. The van der Waals surface area contributed by atoms with Crippen molar-refractivity contribution in [3.8, 4) is 33.6 Å². The van der Waals surface area contributed by atoms with Gasteiger partial charge in [0, 0.05) is 12.1 Å². The first-order valence-electron chi connectivity index (χ1n) is 19.2. The van der Waals surface area contributed by atoms with Gasteiger partial charge in [0.2, 0.25) is 11.8 Å². The number of benzene rings is 2. The first-order valence-corrected chi connectivity index (χ1v) is 19.2. The summed E-state index contributed by atoms with van der Waals surface area (Å²) in [4.78, 5) is 70.9. The summed E-state index contributed by atoms with van der Waals surface area (Å²) >= 11 is 0. The Labute approximate surface area is 319 Å². The van der Waals surface area contributed by atoms with E-state index in [4.69, 9.17) is 9.72 Å². The number of nitrogens with one attached hydrogen (secondary N) is 4. The van der Waals surface area contributed by atoms with Crippen molar-refractivity contribution in [3.05, 3.63) is 72.6 Å².